The van der Waals surface area contributed by atoms with Crippen LogP contribution in [0.2, 0.25) is 0 Å². The first kappa shape index (κ1) is 18.0. The largest absolute Gasteiger partial charge is 0.422 e. The number of hydrogen-bond acceptors (Lipinski definition) is 4. The quantitative estimate of drug-likeness (QED) is 0.264. The van der Waals surface area contributed by atoms with Crippen LogP contribution in [0.1, 0.15) is 15.9 Å². The van der Waals surface area contributed by atoms with Crippen LogP contribution in [0.5, 0.6) is 5.75 Å². The number of nitrogens with two attached hydrogens (primary N) is 1. The minimum absolute atomic E-state index is 0.0479. The van der Waals surface area contributed by atoms with Crippen molar-refractivity contribution < 1.29 is 18.3 Å². The van der Waals surface area contributed by atoms with Gasteiger partial charge in [0.2, 0.25) is 0 Å². The summed E-state index contributed by atoms with van der Waals surface area (Å²) in [6.07, 6.45) is 1.30. The fourth-order valence-corrected chi connectivity index (χ4v) is 2.15. The first-order valence-electron chi connectivity index (χ1n) is 6.42. The highest BCUT2D eigenvalue weighted by Crippen LogP contribution is 2.24. The Hall–Kier alpha value is -2.39. The van der Waals surface area contributed by atoms with Crippen molar-refractivity contribution >= 4 is 45.4 Å². The molecule has 0 radical (unpaired) electrons. The van der Waals surface area contributed by atoms with Crippen LogP contribution >= 0.6 is 28.1 Å². The van der Waals surface area contributed by atoms with E-state index in [0.717, 1.165) is 18.2 Å². The van der Waals surface area contributed by atoms with Crippen LogP contribution < -0.4 is 15.9 Å². The molecule has 0 saturated heterocycles. The summed E-state index contributed by atoms with van der Waals surface area (Å²) in [6, 6.07) is 7.72. The van der Waals surface area contributed by atoms with Crippen molar-refractivity contribution in [2.75, 3.05) is 0 Å². The van der Waals surface area contributed by atoms with E-state index in [1.54, 1.807) is 12.1 Å². The average molecular weight is 414 g/mol. The van der Waals surface area contributed by atoms with Gasteiger partial charge < -0.3 is 10.5 Å². The predicted octanol–water partition coefficient (Wildman–Crippen LogP) is 3.11. The molecule has 0 heterocycles. The summed E-state index contributed by atoms with van der Waals surface area (Å²) in [4.78, 5) is 12.1. The lowest BCUT2D eigenvalue weighted by molar-refractivity contribution is 0.0724. The van der Waals surface area contributed by atoms with Gasteiger partial charge in [0.05, 0.1) is 6.21 Å². The maximum absolute atomic E-state index is 13.6. The molecule has 0 aliphatic carbocycles. The van der Waals surface area contributed by atoms with Crippen molar-refractivity contribution in [3.05, 3.63) is 63.6 Å². The highest BCUT2D eigenvalue weighted by atomic mass is 79.9. The number of hydrazone groups is 1. The van der Waals surface area contributed by atoms with Crippen LogP contribution in [0.15, 0.2) is 46.0 Å². The topological polar surface area (TPSA) is 76.7 Å². The van der Waals surface area contributed by atoms with Crippen molar-refractivity contribution in [2.24, 2.45) is 10.8 Å². The second kappa shape index (κ2) is 7.93. The Kier molecular flexibility index (Phi) is 5.93. The summed E-state index contributed by atoms with van der Waals surface area (Å²) >= 11 is 7.87. The summed E-state index contributed by atoms with van der Waals surface area (Å²) in [6.45, 7) is 0. The van der Waals surface area contributed by atoms with Crippen LogP contribution in [0.25, 0.3) is 0 Å². The van der Waals surface area contributed by atoms with E-state index in [9.17, 15) is 13.6 Å². The number of ether oxygens (including phenoxy) is 1. The zero-order valence-corrected chi connectivity index (χ0v) is 14.3. The first-order chi connectivity index (χ1) is 11.4. The Bertz CT molecular complexity index is 810. The molecule has 9 heteroatoms. The van der Waals surface area contributed by atoms with Crippen LogP contribution in [0, 0.1) is 11.6 Å². The lowest BCUT2D eigenvalue weighted by atomic mass is 10.2. The average Bonchev–Trinajstić information content (AvgIpc) is 2.49. The Morgan fingerprint density at radius 2 is 1.96 bits per heavy atom. The summed E-state index contributed by atoms with van der Waals surface area (Å²) in [7, 11) is 0. The summed E-state index contributed by atoms with van der Waals surface area (Å²) in [5.74, 6) is -3.13. The molecule has 0 spiro atoms. The van der Waals surface area contributed by atoms with Gasteiger partial charge in [0.25, 0.3) is 0 Å². The standard InChI is InChI=1S/C15H10BrF2N3O2S/c16-9-4-5-12(8(6-9)7-20-21-15(19)24)23-14(22)13-10(17)2-1-3-11(13)18/h1-7H,(H3,19,21,24). The summed E-state index contributed by atoms with van der Waals surface area (Å²) < 4.78 is 33.1. The van der Waals surface area contributed by atoms with Gasteiger partial charge >= 0.3 is 5.97 Å². The summed E-state index contributed by atoms with van der Waals surface area (Å²) in [5, 5.41) is 3.71. The SMILES string of the molecule is NC(=S)NN=Cc1cc(Br)ccc1OC(=O)c1c(F)cccc1F. The van der Waals surface area contributed by atoms with Crippen molar-refractivity contribution in [3.63, 3.8) is 0 Å². The Labute approximate surface area is 149 Å². The molecule has 0 aliphatic rings. The number of nitrogens with one attached hydrogen (secondary N) is 1. The number of thiocarbonyl (C=S) groups is 1. The van der Waals surface area contributed by atoms with Gasteiger partial charge in [0, 0.05) is 10.0 Å². The first-order valence-corrected chi connectivity index (χ1v) is 7.63. The summed E-state index contributed by atoms with van der Waals surface area (Å²) in [5.41, 5.74) is 7.18. The van der Waals surface area contributed by atoms with Gasteiger partial charge in [-0.05, 0) is 42.5 Å². The Balaban J connectivity index is 2.30. The van der Waals surface area contributed by atoms with Crippen molar-refractivity contribution in [1.29, 1.82) is 0 Å². The van der Waals surface area contributed by atoms with E-state index in [0.29, 0.717) is 10.0 Å². The van der Waals surface area contributed by atoms with Crippen LogP contribution in [0.3, 0.4) is 0 Å². The molecule has 2 aromatic rings. The Morgan fingerprint density at radius 3 is 2.58 bits per heavy atom. The zero-order chi connectivity index (χ0) is 17.7. The van der Waals surface area contributed by atoms with E-state index in [1.165, 1.54) is 12.3 Å². The number of esters is 1. The van der Waals surface area contributed by atoms with Crippen molar-refractivity contribution in [2.45, 2.75) is 0 Å². The molecule has 0 unspecified atom stereocenters. The molecular formula is C15H10BrF2N3O2S. The van der Waals surface area contributed by atoms with E-state index < -0.39 is 23.2 Å². The van der Waals surface area contributed by atoms with E-state index in [4.69, 9.17) is 10.5 Å². The van der Waals surface area contributed by atoms with Gasteiger partial charge in [-0.25, -0.2) is 13.6 Å². The third-order valence-electron chi connectivity index (χ3n) is 2.72. The van der Waals surface area contributed by atoms with Crippen LogP contribution in [-0.4, -0.2) is 17.3 Å². The zero-order valence-electron chi connectivity index (χ0n) is 11.9. The lowest BCUT2D eigenvalue weighted by Crippen LogP contribution is -2.24. The molecule has 5 nitrogen and oxygen atoms in total. The number of hydrogen-bond donors (Lipinski definition) is 2. The second-order valence-electron chi connectivity index (χ2n) is 4.40. The fourth-order valence-electron chi connectivity index (χ4n) is 1.72. The second-order valence-corrected chi connectivity index (χ2v) is 5.76. The van der Waals surface area contributed by atoms with E-state index in [2.05, 4.69) is 38.7 Å². The van der Waals surface area contributed by atoms with Gasteiger partial charge in [-0.1, -0.05) is 22.0 Å². The minimum atomic E-state index is -1.16. The number of benzene rings is 2. The normalized spacial score (nSPS) is 10.6. The van der Waals surface area contributed by atoms with Crippen molar-refractivity contribution in [3.8, 4) is 5.75 Å². The maximum Gasteiger partial charge on any atom is 0.349 e. The molecular weight excluding hydrogens is 404 g/mol. The van der Waals surface area contributed by atoms with Crippen molar-refractivity contribution in [1.82, 2.24) is 5.43 Å². The predicted molar refractivity (Wildman–Crippen MR) is 93.0 cm³/mol. The highest BCUT2D eigenvalue weighted by molar-refractivity contribution is 9.10. The van der Waals surface area contributed by atoms with Gasteiger partial charge in [0.1, 0.15) is 22.9 Å². The molecule has 0 atom stereocenters. The molecule has 0 aliphatic heterocycles. The monoisotopic (exact) mass is 413 g/mol. The Morgan fingerprint density at radius 1 is 1.29 bits per heavy atom. The number of halogens is 3. The molecule has 0 amide bonds. The van der Waals surface area contributed by atoms with Gasteiger partial charge in [-0.3, -0.25) is 5.43 Å². The lowest BCUT2D eigenvalue weighted by Gasteiger charge is -2.09. The molecule has 3 N–H and O–H groups in total. The molecule has 0 saturated carbocycles. The van der Waals surface area contributed by atoms with E-state index in [-0.39, 0.29) is 10.9 Å². The van der Waals surface area contributed by atoms with Gasteiger partial charge in [-0.15, -0.1) is 0 Å². The number of carbonyl (C=O) groups excluding carboxylic acids is 1. The van der Waals surface area contributed by atoms with E-state index in [1.807, 2.05) is 0 Å². The molecule has 0 fully saturated rings. The molecule has 24 heavy (non-hydrogen) atoms. The maximum atomic E-state index is 13.6. The van der Waals surface area contributed by atoms with Crippen LogP contribution in [-0.2, 0) is 0 Å². The molecule has 2 rings (SSSR count). The molecule has 2 aromatic carbocycles. The minimum Gasteiger partial charge on any atom is -0.422 e. The molecule has 124 valence electrons. The van der Waals surface area contributed by atoms with Gasteiger partial charge in [-0.2, -0.15) is 5.10 Å². The third-order valence-corrected chi connectivity index (χ3v) is 3.30. The number of rotatable bonds is 4. The molecule has 0 bridgehead atoms. The van der Waals surface area contributed by atoms with Crippen LogP contribution in [0.4, 0.5) is 8.78 Å². The third kappa shape index (κ3) is 4.56. The number of carbonyl (C=O) groups is 1. The number of nitrogens with zero attached hydrogens (tertiary/aromatic N) is 1. The fraction of sp³-hybridized carbons (Fsp3) is 0. The van der Waals surface area contributed by atoms with Gasteiger partial charge in [0.15, 0.2) is 5.11 Å². The smallest absolute Gasteiger partial charge is 0.349 e. The molecule has 0 aromatic heterocycles. The van der Waals surface area contributed by atoms with E-state index >= 15 is 0 Å². The highest BCUT2D eigenvalue weighted by Gasteiger charge is 2.20.